The molecule has 394 valence electrons. The molecule has 1 saturated heterocycles. The summed E-state index contributed by atoms with van der Waals surface area (Å²) in [5.74, 6) is -1.29. The summed E-state index contributed by atoms with van der Waals surface area (Å²) in [4.78, 5) is 61.9. The van der Waals surface area contributed by atoms with Crippen LogP contribution in [0.25, 0.3) is 0 Å². The van der Waals surface area contributed by atoms with Crippen LogP contribution < -0.4 is 11.4 Å². The molecule has 7 unspecified atom stereocenters. The van der Waals surface area contributed by atoms with Crippen molar-refractivity contribution in [3.63, 3.8) is 0 Å². The Morgan fingerprint density at radius 2 is 1.15 bits per heavy atom. The summed E-state index contributed by atoms with van der Waals surface area (Å²) in [5, 5.41) is 20.9. The normalized spacial score (nSPS) is 19.5. The standard InChI is InChI=1S/C48H87N3O15P2/c1-3-5-7-9-11-13-15-17-19-21-23-25-27-29-31-33-43(52)61-37-40(64-44(53)34-32-30-28-26-24-22-20-18-16-14-12-10-8-6-4-2)38-62-67(57,58)66-68(59,60)63-39-41-45(54)46(55)47(65-41)51-36-35-42(49)50-48(51)56/h14,16,35-36,40-41,45-47,54-55H,3-13,15,17-34,37-39H2,1-2H3,(H,57,58)(H,59,60)(H2,49,50,56). The molecule has 0 spiro atoms. The van der Waals surface area contributed by atoms with Gasteiger partial charge < -0.3 is 39.9 Å². The molecule has 0 saturated carbocycles. The molecule has 6 N–H and O–H groups in total. The van der Waals surface area contributed by atoms with Crippen LogP contribution in [0.4, 0.5) is 5.82 Å². The fourth-order valence-electron chi connectivity index (χ4n) is 7.84. The van der Waals surface area contributed by atoms with Crippen molar-refractivity contribution in [3.05, 3.63) is 34.9 Å². The van der Waals surface area contributed by atoms with Gasteiger partial charge in [0, 0.05) is 19.0 Å². The smallest absolute Gasteiger partial charge is 0.462 e. The summed E-state index contributed by atoms with van der Waals surface area (Å²) in [6, 6.07) is 1.25. The molecule has 2 heterocycles. The number of allylic oxidation sites excluding steroid dienone is 2. The number of carbonyl (C=O) groups excluding carboxylic acids is 2. The van der Waals surface area contributed by atoms with Gasteiger partial charge in [0.05, 0.1) is 13.2 Å². The molecule has 0 bridgehead atoms. The first kappa shape index (κ1) is 61.6. The number of aliphatic hydroxyl groups is 2. The average Bonchev–Trinajstić information content (AvgIpc) is 3.57. The topological polar surface area (TPSA) is 265 Å². The second-order valence-electron chi connectivity index (χ2n) is 18.0. The molecule has 2 rings (SSSR count). The zero-order chi connectivity index (χ0) is 49.9. The molecule has 0 aliphatic carbocycles. The largest absolute Gasteiger partial charge is 0.481 e. The maximum atomic E-state index is 12.9. The van der Waals surface area contributed by atoms with Gasteiger partial charge in [-0.15, -0.1) is 0 Å². The third kappa shape index (κ3) is 29.6. The van der Waals surface area contributed by atoms with Gasteiger partial charge in [0.25, 0.3) is 0 Å². The number of nitrogen functional groups attached to an aromatic ring is 1. The highest BCUT2D eigenvalue weighted by molar-refractivity contribution is 7.61. The van der Waals surface area contributed by atoms with Gasteiger partial charge in [0.1, 0.15) is 30.7 Å². The summed E-state index contributed by atoms with van der Waals surface area (Å²) in [5.41, 5.74) is 4.59. The van der Waals surface area contributed by atoms with E-state index in [0.717, 1.165) is 81.6 Å². The lowest BCUT2D eigenvalue weighted by atomic mass is 10.0. The number of hydrogen-bond donors (Lipinski definition) is 5. The molecule has 1 aliphatic heterocycles. The first-order chi connectivity index (χ1) is 32.7. The van der Waals surface area contributed by atoms with Gasteiger partial charge in [-0.3, -0.25) is 23.2 Å². The Kier molecular flexibility index (Phi) is 33.8. The van der Waals surface area contributed by atoms with Crippen LogP contribution in [-0.4, -0.2) is 85.7 Å². The summed E-state index contributed by atoms with van der Waals surface area (Å²) < 4.78 is 56.8. The van der Waals surface area contributed by atoms with Crippen LogP contribution >= 0.6 is 15.6 Å². The molecule has 18 nitrogen and oxygen atoms in total. The molecule has 0 amide bonds. The monoisotopic (exact) mass is 1010 g/mol. The number of esters is 2. The van der Waals surface area contributed by atoms with E-state index in [1.54, 1.807) is 0 Å². The lowest BCUT2D eigenvalue weighted by Gasteiger charge is -2.21. The molecule has 0 aromatic carbocycles. The van der Waals surface area contributed by atoms with Crippen molar-refractivity contribution in [2.24, 2.45) is 0 Å². The summed E-state index contributed by atoms with van der Waals surface area (Å²) in [6.07, 6.45) is 30.0. The highest BCUT2D eigenvalue weighted by Gasteiger charge is 2.46. The van der Waals surface area contributed by atoms with Crippen LogP contribution in [0.1, 0.15) is 213 Å². The van der Waals surface area contributed by atoms with Crippen molar-refractivity contribution < 1.29 is 66.3 Å². The number of carbonyl (C=O) groups is 2. The number of aromatic nitrogens is 2. The summed E-state index contributed by atoms with van der Waals surface area (Å²) in [7, 11) is -10.8. The molecule has 1 aromatic rings. The van der Waals surface area contributed by atoms with Crippen LogP contribution in [0.3, 0.4) is 0 Å². The lowest BCUT2D eigenvalue weighted by molar-refractivity contribution is -0.161. The van der Waals surface area contributed by atoms with Crippen molar-refractivity contribution in [2.45, 2.75) is 237 Å². The number of hydrogen-bond acceptors (Lipinski definition) is 15. The molecule has 20 heteroatoms. The van der Waals surface area contributed by atoms with E-state index in [1.165, 1.54) is 102 Å². The Morgan fingerprint density at radius 1 is 0.691 bits per heavy atom. The maximum absolute atomic E-state index is 12.9. The number of nitrogens with two attached hydrogens (primary N) is 1. The van der Waals surface area contributed by atoms with Gasteiger partial charge in [-0.05, 0) is 44.6 Å². The molecular weight excluding hydrogens is 920 g/mol. The van der Waals surface area contributed by atoms with E-state index in [1.807, 2.05) is 0 Å². The average molecular weight is 1010 g/mol. The number of aliphatic hydroxyl groups excluding tert-OH is 2. The van der Waals surface area contributed by atoms with E-state index >= 15 is 0 Å². The van der Waals surface area contributed by atoms with Crippen molar-refractivity contribution >= 4 is 33.4 Å². The first-order valence-corrected chi connectivity index (χ1v) is 28.7. The number of unbranched alkanes of at least 4 members (excludes halogenated alkanes) is 25. The van der Waals surface area contributed by atoms with Gasteiger partial charge >= 0.3 is 33.3 Å². The maximum Gasteiger partial charge on any atom is 0.481 e. The van der Waals surface area contributed by atoms with Crippen molar-refractivity contribution in [3.8, 4) is 0 Å². The fourth-order valence-corrected chi connectivity index (χ4v) is 9.95. The van der Waals surface area contributed by atoms with Crippen molar-refractivity contribution in [2.75, 3.05) is 25.6 Å². The van der Waals surface area contributed by atoms with Gasteiger partial charge in [0.15, 0.2) is 12.3 Å². The minimum Gasteiger partial charge on any atom is -0.462 e. The third-order valence-corrected chi connectivity index (χ3v) is 14.5. The summed E-state index contributed by atoms with van der Waals surface area (Å²) >= 11 is 0. The number of rotatable bonds is 43. The minimum atomic E-state index is -5.42. The molecule has 7 atom stereocenters. The Labute approximate surface area is 405 Å². The predicted octanol–water partition coefficient (Wildman–Crippen LogP) is 10.4. The quantitative estimate of drug-likeness (QED) is 0.0176. The minimum absolute atomic E-state index is 0.0493. The van der Waals surface area contributed by atoms with E-state index in [4.69, 9.17) is 29.0 Å². The van der Waals surface area contributed by atoms with Gasteiger partial charge in [-0.2, -0.15) is 9.29 Å². The van der Waals surface area contributed by atoms with E-state index in [-0.39, 0.29) is 18.7 Å². The molecular formula is C48H87N3O15P2. The van der Waals surface area contributed by atoms with E-state index in [2.05, 4.69) is 35.3 Å². The van der Waals surface area contributed by atoms with E-state index in [0.29, 0.717) is 12.8 Å². The molecule has 68 heavy (non-hydrogen) atoms. The van der Waals surface area contributed by atoms with Crippen molar-refractivity contribution in [1.82, 2.24) is 9.55 Å². The number of anilines is 1. The fraction of sp³-hybridized carbons (Fsp3) is 0.833. The Morgan fingerprint density at radius 3 is 1.66 bits per heavy atom. The molecule has 1 aromatic heterocycles. The number of phosphoric acid groups is 2. The SMILES string of the molecule is CCCCCCC=CCCCCCCCCCC(=O)OC(COC(=O)CCCCCCCCCCCCCCCCC)COP(=O)(O)OP(=O)(O)OCC1OC(n2ccc(N)nc2=O)C(O)C1O. The number of phosphoric ester groups is 2. The van der Waals surface area contributed by atoms with Crippen LogP contribution in [0, 0.1) is 0 Å². The van der Waals surface area contributed by atoms with Crippen LogP contribution in [0.2, 0.25) is 0 Å². The van der Waals surface area contributed by atoms with Crippen molar-refractivity contribution in [1.29, 1.82) is 0 Å². The predicted molar refractivity (Wildman–Crippen MR) is 261 cm³/mol. The van der Waals surface area contributed by atoms with Gasteiger partial charge in [-0.25, -0.2) is 13.9 Å². The lowest BCUT2D eigenvalue weighted by Crippen LogP contribution is -2.36. The first-order valence-electron chi connectivity index (χ1n) is 25.7. The van der Waals surface area contributed by atoms with E-state index < -0.39 is 83.7 Å². The highest BCUT2D eigenvalue weighted by atomic mass is 31.3. The Balaban J connectivity index is 1.79. The molecule has 1 aliphatic rings. The Hall–Kier alpha value is -2.50. The molecule has 0 radical (unpaired) electrons. The van der Waals surface area contributed by atoms with Crippen LogP contribution in [0.15, 0.2) is 29.2 Å². The number of ether oxygens (including phenoxy) is 3. The highest BCUT2D eigenvalue weighted by Crippen LogP contribution is 2.60. The second kappa shape index (κ2) is 37.3. The van der Waals surface area contributed by atoms with Crippen LogP contribution in [0.5, 0.6) is 0 Å². The summed E-state index contributed by atoms with van der Waals surface area (Å²) in [6.45, 7) is 2.16. The van der Waals surface area contributed by atoms with E-state index in [9.17, 15) is 43.5 Å². The van der Waals surface area contributed by atoms with Gasteiger partial charge in [0.2, 0.25) is 0 Å². The Bertz CT molecular complexity index is 1680. The zero-order valence-corrected chi connectivity index (χ0v) is 43.0. The van der Waals surface area contributed by atoms with Gasteiger partial charge in [-0.1, -0.05) is 167 Å². The zero-order valence-electron chi connectivity index (χ0n) is 41.2. The third-order valence-electron chi connectivity index (χ3n) is 11.9. The number of nitrogens with zero attached hydrogens (tertiary/aromatic N) is 2. The molecule has 1 fully saturated rings. The van der Waals surface area contributed by atoms with Crippen LogP contribution in [-0.2, 0) is 46.3 Å². The second-order valence-corrected chi connectivity index (χ2v) is 21.1.